The first-order valence-electron chi connectivity index (χ1n) is 11.9. The number of piperazine rings is 1. The number of nitrogens with zero attached hydrogens (tertiary/aromatic N) is 4. The average Bonchev–Trinajstić information content (AvgIpc) is 2.90. The molecule has 1 fully saturated rings. The summed E-state index contributed by atoms with van der Waals surface area (Å²) >= 11 is 3.42. The smallest absolute Gasteiger partial charge is 0.253 e. The lowest BCUT2D eigenvalue weighted by atomic mass is 10.0. The van der Waals surface area contributed by atoms with Gasteiger partial charge in [-0.15, -0.1) is 0 Å². The normalized spacial score (nSPS) is 13.6. The molecular weight excluding hydrogens is 519 g/mol. The topological polar surface area (TPSA) is 49.3 Å². The molecule has 0 spiro atoms. The van der Waals surface area contributed by atoms with Gasteiger partial charge in [0, 0.05) is 59.5 Å². The van der Waals surface area contributed by atoms with E-state index in [1.165, 1.54) is 17.7 Å². The fourth-order valence-corrected chi connectivity index (χ4v) is 4.77. The van der Waals surface area contributed by atoms with Crippen molar-refractivity contribution in [3.63, 3.8) is 0 Å². The van der Waals surface area contributed by atoms with E-state index in [-0.39, 0.29) is 11.7 Å². The molecule has 7 heteroatoms. The lowest BCUT2D eigenvalue weighted by Crippen LogP contribution is -2.49. The van der Waals surface area contributed by atoms with Gasteiger partial charge in [0.05, 0.1) is 0 Å². The van der Waals surface area contributed by atoms with Crippen molar-refractivity contribution in [3.8, 4) is 11.4 Å². The van der Waals surface area contributed by atoms with Crippen LogP contribution in [-0.4, -0.2) is 47.0 Å². The maximum Gasteiger partial charge on any atom is 0.253 e. The van der Waals surface area contributed by atoms with Gasteiger partial charge in [0.1, 0.15) is 11.6 Å². The van der Waals surface area contributed by atoms with Gasteiger partial charge < -0.3 is 9.80 Å². The van der Waals surface area contributed by atoms with Gasteiger partial charge in [-0.3, -0.25) is 4.79 Å². The molecule has 1 saturated heterocycles. The van der Waals surface area contributed by atoms with E-state index in [0.717, 1.165) is 21.5 Å². The highest BCUT2D eigenvalue weighted by atomic mass is 79.9. The van der Waals surface area contributed by atoms with Gasteiger partial charge in [-0.05, 0) is 48.9 Å². The number of halogens is 2. The Bertz CT molecular complexity index is 1370. The fraction of sp³-hybridized carbons (Fsp3) is 0.207. The van der Waals surface area contributed by atoms with E-state index < -0.39 is 0 Å². The van der Waals surface area contributed by atoms with Crippen molar-refractivity contribution in [2.24, 2.45) is 0 Å². The minimum atomic E-state index is -0.316. The third-order valence-electron chi connectivity index (χ3n) is 6.46. The minimum Gasteiger partial charge on any atom is -0.353 e. The lowest BCUT2D eigenvalue weighted by Gasteiger charge is -2.36. The van der Waals surface area contributed by atoms with E-state index in [1.807, 2.05) is 60.4 Å². The first kappa shape index (κ1) is 24.1. The SMILES string of the molecule is Cc1nc(-c2cccc(F)c2)nc(N2CCN(C(=O)c3ccc(Br)cc3)CC2)c1Cc1ccccc1. The molecule has 36 heavy (non-hydrogen) atoms. The number of rotatable bonds is 5. The predicted octanol–water partition coefficient (Wildman–Crippen LogP) is 5.91. The van der Waals surface area contributed by atoms with Crippen molar-refractivity contribution in [2.45, 2.75) is 13.3 Å². The molecule has 5 rings (SSSR count). The third kappa shape index (κ3) is 5.31. The number of hydrogen-bond acceptors (Lipinski definition) is 4. The van der Waals surface area contributed by atoms with E-state index in [0.29, 0.717) is 49.6 Å². The summed E-state index contributed by atoms with van der Waals surface area (Å²) in [4.78, 5) is 26.8. The third-order valence-corrected chi connectivity index (χ3v) is 6.98. The summed E-state index contributed by atoms with van der Waals surface area (Å²) in [5.41, 5.74) is 4.43. The number of aromatic nitrogens is 2. The Morgan fingerprint density at radius 1 is 0.917 bits per heavy atom. The van der Waals surface area contributed by atoms with Crippen molar-refractivity contribution in [2.75, 3.05) is 31.1 Å². The summed E-state index contributed by atoms with van der Waals surface area (Å²) in [6.07, 6.45) is 0.698. The van der Waals surface area contributed by atoms with Crippen LogP contribution in [0.3, 0.4) is 0 Å². The summed E-state index contributed by atoms with van der Waals surface area (Å²) in [5, 5.41) is 0. The van der Waals surface area contributed by atoms with E-state index in [4.69, 9.17) is 9.97 Å². The molecule has 1 aliphatic heterocycles. The first-order chi connectivity index (χ1) is 17.5. The lowest BCUT2D eigenvalue weighted by molar-refractivity contribution is 0.0746. The van der Waals surface area contributed by atoms with Gasteiger partial charge in [-0.2, -0.15) is 0 Å². The van der Waals surface area contributed by atoms with Gasteiger partial charge in [-0.1, -0.05) is 58.4 Å². The number of hydrogen-bond donors (Lipinski definition) is 0. The summed E-state index contributed by atoms with van der Waals surface area (Å²) in [7, 11) is 0. The number of anilines is 1. The van der Waals surface area contributed by atoms with E-state index in [2.05, 4.69) is 33.0 Å². The molecule has 1 aliphatic rings. The zero-order valence-electron chi connectivity index (χ0n) is 20.0. The molecule has 0 saturated carbocycles. The second-order valence-electron chi connectivity index (χ2n) is 8.89. The van der Waals surface area contributed by atoms with Crippen LogP contribution >= 0.6 is 15.9 Å². The maximum absolute atomic E-state index is 14.0. The highest BCUT2D eigenvalue weighted by Crippen LogP contribution is 2.29. The van der Waals surface area contributed by atoms with Crippen molar-refractivity contribution in [3.05, 3.63) is 112 Å². The quantitative estimate of drug-likeness (QED) is 0.313. The Kier molecular flexibility index (Phi) is 7.09. The summed E-state index contributed by atoms with van der Waals surface area (Å²) in [6, 6.07) is 24.1. The zero-order valence-corrected chi connectivity index (χ0v) is 21.6. The molecule has 3 aromatic carbocycles. The Balaban J connectivity index is 1.44. The average molecular weight is 545 g/mol. The van der Waals surface area contributed by atoms with Crippen LogP contribution in [0.5, 0.6) is 0 Å². The van der Waals surface area contributed by atoms with Gasteiger partial charge in [0.15, 0.2) is 5.82 Å². The summed E-state index contributed by atoms with van der Waals surface area (Å²) in [5.74, 6) is 1.07. The van der Waals surface area contributed by atoms with Gasteiger partial charge in [0.25, 0.3) is 5.91 Å². The second-order valence-corrected chi connectivity index (χ2v) is 9.81. The standard InChI is InChI=1S/C29H26BrFN4O/c1-20-26(18-21-6-3-2-4-7-21)28(33-27(32-20)23-8-5-9-25(31)19-23)34-14-16-35(17-15-34)29(36)22-10-12-24(30)13-11-22/h2-13,19H,14-18H2,1H3. The zero-order chi connectivity index (χ0) is 25.1. The highest BCUT2D eigenvalue weighted by Gasteiger charge is 2.26. The van der Waals surface area contributed by atoms with Crippen LogP contribution in [-0.2, 0) is 6.42 Å². The molecule has 2 heterocycles. The van der Waals surface area contributed by atoms with E-state index in [9.17, 15) is 9.18 Å². The number of aryl methyl sites for hydroxylation is 1. The van der Waals surface area contributed by atoms with Gasteiger partial charge in [0.2, 0.25) is 0 Å². The Morgan fingerprint density at radius 3 is 2.33 bits per heavy atom. The molecule has 5 nitrogen and oxygen atoms in total. The van der Waals surface area contributed by atoms with Crippen LogP contribution in [0.4, 0.5) is 10.2 Å². The molecule has 1 amide bonds. The van der Waals surface area contributed by atoms with Crippen LogP contribution in [0.15, 0.2) is 83.3 Å². The molecule has 4 aromatic rings. The fourth-order valence-electron chi connectivity index (χ4n) is 4.50. The Morgan fingerprint density at radius 2 is 1.64 bits per heavy atom. The maximum atomic E-state index is 14.0. The van der Waals surface area contributed by atoms with E-state index >= 15 is 0 Å². The number of carbonyl (C=O) groups is 1. The second kappa shape index (κ2) is 10.6. The van der Waals surface area contributed by atoms with Crippen molar-refractivity contribution in [1.82, 2.24) is 14.9 Å². The van der Waals surface area contributed by atoms with Crippen molar-refractivity contribution in [1.29, 1.82) is 0 Å². The Hall–Kier alpha value is -3.58. The number of benzene rings is 3. The van der Waals surface area contributed by atoms with Crippen LogP contribution in [0.25, 0.3) is 11.4 Å². The minimum absolute atomic E-state index is 0.0333. The van der Waals surface area contributed by atoms with Crippen LogP contribution in [0.2, 0.25) is 0 Å². The molecule has 0 bridgehead atoms. The molecule has 0 radical (unpaired) electrons. The summed E-state index contributed by atoms with van der Waals surface area (Å²) in [6.45, 7) is 4.49. The molecule has 0 aliphatic carbocycles. The molecular formula is C29H26BrFN4O. The van der Waals surface area contributed by atoms with Crippen LogP contribution < -0.4 is 4.90 Å². The number of amides is 1. The van der Waals surface area contributed by atoms with Crippen molar-refractivity contribution < 1.29 is 9.18 Å². The molecule has 1 aromatic heterocycles. The van der Waals surface area contributed by atoms with Gasteiger partial charge >= 0.3 is 0 Å². The number of carbonyl (C=O) groups excluding carboxylic acids is 1. The largest absolute Gasteiger partial charge is 0.353 e. The predicted molar refractivity (Wildman–Crippen MR) is 144 cm³/mol. The molecule has 182 valence electrons. The van der Waals surface area contributed by atoms with E-state index in [1.54, 1.807) is 6.07 Å². The molecule has 0 unspecified atom stereocenters. The van der Waals surface area contributed by atoms with Gasteiger partial charge in [-0.25, -0.2) is 14.4 Å². The monoisotopic (exact) mass is 544 g/mol. The van der Waals surface area contributed by atoms with Crippen LogP contribution in [0.1, 0.15) is 27.2 Å². The van der Waals surface area contributed by atoms with Crippen LogP contribution in [0, 0.1) is 12.7 Å². The Labute approximate surface area is 218 Å². The first-order valence-corrected chi connectivity index (χ1v) is 12.7. The highest BCUT2D eigenvalue weighted by molar-refractivity contribution is 9.10. The van der Waals surface area contributed by atoms with Crippen molar-refractivity contribution >= 4 is 27.7 Å². The molecule has 0 N–H and O–H groups in total. The summed E-state index contributed by atoms with van der Waals surface area (Å²) < 4.78 is 14.9. The molecule has 0 atom stereocenters.